The van der Waals surface area contributed by atoms with Crippen molar-refractivity contribution in [2.75, 3.05) is 5.32 Å². The lowest BCUT2D eigenvalue weighted by atomic mass is 10.1. The summed E-state index contributed by atoms with van der Waals surface area (Å²) in [5.74, 6) is -0.574. The third kappa shape index (κ3) is 5.77. The van der Waals surface area contributed by atoms with Crippen LogP contribution in [0.2, 0.25) is 5.02 Å². The molecule has 1 aliphatic rings. The SMILES string of the molecule is CCC(C)NC(=O)c1cccc(CNC(=O)CC2Sc3ccc(Cl)cc3NC2=O)c1. The molecule has 2 unspecified atom stereocenters. The van der Waals surface area contributed by atoms with Crippen LogP contribution in [0.5, 0.6) is 0 Å². The summed E-state index contributed by atoms with van der Waals surface area (Å²) in [7, 11) is 0. The first-order valence-corrected chi connectivity index (χ1v) is 11.0. The molecule has 6 nitrogen and oxygen atoms in total. The maximum atomic E-state index is 12.4. The predicted molar refractivity (Wildman–Crippen MR) is 120 cm³/mol. The van der Waals surface area contributed by atoms with Gasteiger partial charge in [-0.15, -0.1) is 11.8 Å². The summed E-state index contributed by atoms with van der Waals surface area (Å²) in [6.45, 7) is 4.25. The lowest BCUT2D eigenvalue weighted by Crippen LogP contribution is -2.34. The second kappa shape index (κ2) is 10.00. The molecule has 2 atom stereocenters. The first-order chi connectivity index (χ1) is 14.4. The molecule has 158 valence electrons. The largest absolute Gasteiger partial charge is 0.352 e. The van der Waals surface area contributed by atoms with Gasteiger partial charge in [-0.25, -0.2) is 0 Å². The second-order valence-corrected chi connectivity index (χ2v) is 8.88. The van der Waals surface area contributed by atoms with Crippen LogP contribution in [0, 0.1) is 0 Å². The molecule has 0 aromatic heterocycles. The Morgan fingerprint density at radius 3 is 2.80 bits per heavy atom. The molecule has 0 bridgehead atoms. The van der Waals surface area contributed by atoms with Crippen LogP contribution in [0.15, 0.2) is 47.4 Å². The summed E-state index contributed by atoms with van der Waals surface area (Å²) < 4.78 is 0. The first kappa shape index (κ1) is 22.2. The molecule has 0 radical (unpaired) electrons. The van der Waals surface area contributed by atoms with Crippen molar-refractivity contribution in [3.8, 4) is 0 Å². The van der Waals surface area contributed by atoms with Gasteiger partial charge in [-0.1, -0.05) is 30.7 Å². The summed E-state index contributed by atoms with van der Waals surface area (Å²) in [6.07, 6.45) is 0.915. The molecule has 1 heterocycles. The minimum atomic E-state index is -0.508. The third-order valence-electron chi connectivity index (χ3n) is 4.80. The van der Waals surface area contributed by atoms with E-state index in [1.165, 1.54) is 11.8 Å². The number of hydrogen-bond acceptors (Lipinski definition) is 4. The highest BCUT2D eigenvalue weighted by molar-refractivity contribution is 8.01. The van der Waals surface area contributed by atoms with E-state index < -0.39 is 5.25 Å². The van der Waals surface area contributed by atoms with Crippen molar-refractivity contribution in [2.24, 2.45) is 0 Å². The van der Waals surface area contributed by atoms with Gasteiger partial charge < -0.3 is 16.0 Å². The fourth-order valence-electron chi connectivity index (χ4n) is 2.93. The Balaban J connectivity index is 1.55. The van der Waals surface area contributed by atoms with E-state index >= 15 is 0 Å². The summed E-state index contributed by atoms with van der Waals surface area (Å²) in [5.41, 5.74) is 2.04. The van der Waals surface area contributed by atoms with Crippen LogP contribution in [-0.2, 0) is 16.1 Å². The van der Waals surface area contributed by atoms with Crippen LogP contribution in [0.25, 0.3) is 0 Å². The van der Waals surface area contributed by atoms with Gasteiger partial charge >= 0.3 is 0 Å². The standard InChI is InChI=1S/C22H24ClN3O3S/c1-3-13(2)25-21(28)15-6-4-5-14(9-15)12-24-20(27)11-19-22(29)26-17-10-16(23)7-8-18(17)30-19/h4-10,13,19H,3,11-12H2,1-2H3,(H,24,27)(H,25,28)(H,26,29). The van der Waals surface area contributed by atoms with Gasteiger partial charge in [0.25, 0.3) is 5.91 Å². The van der Waals surface area contributed by atoms with Gasteiger partial charge in [0.15, 0.2) is 0 Å². The highest BCUT2D eigenvalue weighted by Crippen LogP contribution is 2.38. The summed E-state index contributed by atoms with van der Waals surface area (Å²) in [5, 5.41) is 8.60. The van der Waals surface area contributed by atoms with E-state index in [2.05, 4.69) is 16.0 Å². The Morgan fingerprint density at radius 1 is 1.23 bits per heavy atom. The van der Waals surface area contributed by atoms with Crippen molar-refractivity contribution in [3.63, 3.8) is 0 Å². The molecular weight excluding hydrogens is 422 g/mol. The summed E-state index contributed by atoms with van der Waals surface area (Å²) in [6, 6.07) is 12.5. The van der Waals surface area contributed by atoms with Crippen LogP contribution in [0.1, 0.15) is 42.6 Å². The summed E-state index contributed by atoms with van der Waals surface area (Å²) >= 11 is 7.31. The Morgan fingerprint density at radius 2 is 2.03 bits per heavy atom. The monoisotopic (exact) mass is 445 g/mol. The number of rotatable bonds is 7. The highest BCUT2D eigenvalue weighted by atomic mass is 35.5. The maximum Gasteiger partial charge on any atom is 0.251 e. The number of nitrogens with one attached hydrogen (secondary N) is 3. The number of hydrogen-bond donors (Lipinski definition) is 3. The fraction of sp³-hybridized carbons (Fsp3) is 0.318. The number of thioether (sulfide) groups is 1. The molecule has 2 aromatic rings. The minimum Gasteiger partial charge on any atom is -0.352 e. The van der Waals surface area contributed by atoms with E-state index in [0.717, 1.165) is 16.9 Å². The number of halogens is 1. The number of benzene rings is 2. The molecule has 2 aromatic carbocycles. The molecule has 0 aliphatic carbocycles. The number of carbonyl (C=O) groups is 3. The molecule has 0 saturated heterocycles. The Kier molecular flexibility index (Phi) is 7.39. The predicted octanol–water partition coefficient (Wildman–Crippen LogP) is 3.99. The van der Waals surface area contributed by atoms with Crippen LogP contribution < -0.4 is 16.0 Å². The fourth-order valence-corrected chi connectivity index (χ4v) is 4.19. The molecule has 0 saturated carbocycles. The van der Waals surface area contributed by atoms with E-state index in [0.29, 0.717) is 16.3 Å². The van der Waals surface area contributed by atoms with Crippen LogP contribution in [0.3, 0.4) is 0 Å². The number of fused-ring (bicyclic) bond motifs is 1. The van der Waals surface area contributed by atoms with Crippen LogP contribution in [0.4, 0.5) is 5.69 Å². The third-order valence-corrected chi connectivity index (χ3v) is 6.31. The number of carbonyl (C=O) groups excluding carboxylic acids is 3. The van der Waals surface area contributed by atoms with Crippen molar-refractivity contribution >= 4 is 46.8 Å². The van der Waals surface area contributed by atoms with E-state index in [-0.39, 0.29) is 36.7 Å². The van der Waals surface area contributed by atoms with E-state index in [1.807, 2.05) is 26.0 Å². The topological polar surface area (TPSA) is 87.3 Å². The molecule has 3 amide bonds. The normalized spacial score (nSPS) is 16.2. The zero-order valence-electron chi connectivity index (χ0n) is 16.8. The Bertz CT molecular complexity index is 966. The van der Waals surface area contributed by atoms with Crippen LogP contribution >= 0.6 is 23.4 Å². The van der Waals surface area contributed by atoms with E-state index in [1.54, 1.807) is 30.3 Å². The van der Waals surface area contributed by atoms with Gasteiger partial charge in [-0.3, -0.25) is 14.4 Å². The quantitative estimate of drug-likeness (QED) is 0.601. The number of amides is 3. The van der Waals surface area contributed by atoms with Gasteiger partial charge in [0.2, 0.25) is 11.8 Å². The van der Waals surface area contributed by atoms with Crippen LogP contribution in [-0.4, -0.2) is 29.0 Å². The Labute approximate surface area is 185 Å². The van der Waals surface area contributed by atoms with Crippen molar-refractivity contribution in [3.05, 3.63) is 58.6 Å². The minimum absolute atomic E-state index is 0.0623. The molecule has 3 rings (SSSR count). The van der Waals surface area contributed by atoms with E-state index in [9.17, 15) is 14.4 Å². The lowest BCUT2D eigenvalue weighted by Gasteiger charge is -2.23. The summed E-state index contributed by atoms with van der Waals surface area (Å²) in [4.78, 5) is 37.9. The number of anilines is 1. The molecule has 0 fully saturated rings. The zero-order valence-corrected chi connectivity index (χ0v) is 18.4. The van der Waals surface area contributed by atoms with Crippen molar-refractivity contribution in [1.29, 1.82) is 0 Å². The van der Waals surface area contributed by atoms with Gasteiger partial charge in [0, 0.05) is 34.5 Å². The smallest absolute Gasteiger partial charge is 0.251 e. The highest BCUT2D eigenvalue weighted by Gasteiger charge is 2.29. The van der Waals surface area contributed by atoms with Gasteiger partial charge in [0.1, 0.15) is 0 Å². The van der Waals surface area contributed by atoms with Crippen molar-refractivity contribution < 1.29 is 14.4 Å². The Hall–Kier alpha value is -2.51. The molecule has 1 aliphatic heterocycles. The average Bonchev–Trinajstić information content (AvgIpc) is 2.73. The molecule has 0 spiro atoms. The molecule has 30 heavy (non-hydrogen) atoms. The van der Waals surface area contributed by atoms with Crippen molar-refractivity contribution in [2.45, 2.75) is 49.4 Å². The average molecular weight is 446 g/mol. The van der Waals surface area contributed by atoms with Gasteiger partial charge in [0.05, 0.1) is 10.9 Å². The first-order valence-electron chi connectivity index (χ1n) is 9.79. The maximum absolute atomic E-state index is 12.4. The van der Waals surface area contributed by atoms with Gasteiger partial charge in [-0.05, 0) is 49.2 Å². The molecule has 8 heteroatoms. The molecular formula is C22H24ClN3O3S. The second-order valence-electron chi connectivity index (χ2n) is 7.20. The van der Waals surface area contributed by atoms with Gasteiger partial charge in [-0.2, -0.15) is 0 Å². The van der Waals surface area contributed by atoms with E-state index in [4.69, 9.17) is 11.6 Å². The van der Waals surface area contributed by atoms with Crippen molar-refractivity contribution in [1.82, 2.24) is 10.6 Å². The molecule has 3 N–H and O–H groups in total. The lowest BCUT2D eigenvalue weighted by molar-refractivity contribution is -0.124. The zero-order chi connectivity index (χ0) is 21.7.